The molecular weight excluding hydrogens is 260 g/mol. The molecule has 0 amide bonds. The summed E-state index contributed by atoms with van der Waals surface area (Å²) in [6, 6.07) is 4.45. The number of benzene rings is 1. The maximum atomic E-state index is 12.1. The predicted molar refractivity (Wildman–Crippen MR) is 72.0 cm³/mol. The van der Waals surface area contributed by atoms with Crippen molar-refractivity contribution in [3.05, 3.63) is 23.8 Å². The Labute approximate surface area is 117 Å². The zero-order chi connectivity index (χ0) is 14.8. The van der Waals surface area contributed by atoms with Crippen LogP contribution in [-0.4, -0.2) is 29.1 Å². The summed E-state index contributed by atoms with van der Waals surface area (Å²) in [6.07, 6.45) is 0.811. The average molecular weight is 278 g/mol. The van der Waals surface area contributed by atoms with Crippen LogP contribution < -0.4 is 4.74 Å². The van der Waals surface area contributed by atoms with Gasteiger partial charge in [0.1, 0.15) is 17.1 Å². The SMILES string of the molecule is CCOC(=O)CCC1(C)CC(=O)c2cc(O)ccc2O1. The third kappa shape index (κ3) is 3.10. The number of fused-ring (bicyclic) bond motifs is 1. The highest BCUT2D eigenvalue weighted by molar-refractivity contribution is 6.00. The summed E-state index contributed by atoms with van der Waals surface area (Å²) in [4.78, 5) is 23.5. The van der Waals surface area contributed by atoms with Crippen molar-refractivity contribution >= 4 is 11.8 Å². The van der Waals surface area contributed by atoms with Gasteiger partial charge in [0, 0.05) is 6.42 Å². The van der Waals surface area contributed by atoms with Crippen molar-refractivity contribution in [2.75, 3.05) is 6.61 Å². The molecule has 2 rings (SSSR count). The van der Waals surface area contributed by atoms with Gasteiger partial charge in [0.05, 0.1) is 18.6 Å². The van der Waals surface area contributed by atoms with Crippen molar-refractivity contribution in [3.8, 4) is 11.5 Å². The molecule has 0 bridgehead atoms. The molecule has 1 aromatic carbocycles. The first-order chi connectivity index (χ1) is 9.43. The van der Waals surface area contributed by atoms with Crippen LogP contribution in [0.1, 0.15) is 43.5 Å². The fraction of sp³-hybridized carbons (Fsp3) is 0.467. The van der Waals surface area contributed by atoms with Crippen LogP contribution in [0.3, 0.4) is 0 Å². The molecule has 0 fully saturated rings. The number of carbonyl (C=O) groups is 2. The van der Waals surface area contributed by atoms with E-state index >= 15 is 0 Å². The van der Waals surface area contributed by atoms with Crippen LogP contribution in [0, 0.1) is 0 Å². The van der Waals surface area contributed by atoms with Crippen LogP contribution in [0.25, 0.3) is 0 Å². The molecule has 1 heterocycles. The van der Waals surface area contributed by atoms with Gasteiger partial charge in [0.2, 0.25) is 0 Å². The molecule has 0 spiro atoms. The molecule has 1 atom stereocenters. The van der Waals surface area contributed by atoms with Crippen LogP contribution in [0.2, 0.25) is 0 Å². The van der Waals surface area contributed by atoms with Crippen LogP contribution in [0.4, 0.5) is 0 Å². The molecular formula is C15H18O5. The van der Waals surface area contributed by atoms with Crippen molar-refractivity contribution in [1.29, 1.82) is 0 Å². The first-order valence-electron chi connectivity index (χ1n) is 6.64. The minimum Gasteiger partial charge on any atom is -0.508 e. The number of ketones is 1. The average Bonchev–Trinajstić information content (AvgIpc) is 2.38. The summed E-state index contributed by atoms with van der Waals surface area (Å²) < 4.78 is 10.7. The number of ether oxygens (including phenoxy) is 2. The molecule has 1 N–H and O–H groups in total. The molecule has 0 saturated carbocycles. The van der Waals surface area contributed by atoms with Gasteiger partial charge in [-0.1, -0.05) is 0 Å². The van der Waals surface area contributed by atoms with E-state index in [1.54, 1.807) is 19.9 Å². The normalized spacial score (nSPS) is 21.0. The van der Waals surface area contributed by atoms with Gasteiger partial charge in [-0.15, -0.1) is 0 Å². The molecule has 0 aliphatic carbocycles. The minimum absolute atomic E-state index is 0.0378. The third-order valence-electron chi connectivity index (χ3n) is 3.32. The summed E-state index contributed by atoms with van der Waals surface area (Å²) in [7, 11) is 0. The van der Waals surface area contributed by atoms with Crippen LogP contribution in [0.5, 0.6) is 11.5 Å². The lowest BCUT2D eigenvalue weighted by molar-refractivity contribution is -0.144. The first kappa shape index (κ1) is 14.4. The Morgan fingerprint density at radius 3 is 2.95 bits per heavy atom. The number of hydrogen-bond donors (Lipinski definition) is 1. The number of rotatable bonds is 4. The molecule has 0 aromatic heterocycles. The Morgan fingerprint density at radius 1 is 1.50 bits per heavy atom. The quantitative estimate of drug-likeness (QED) is 0.856. The Bertz CT molecular complexity index is 537. The number of phenols is 1. The highest BCUT2D eigenvalue weighted by Crippen LogP contribution is 2.37. The maximum absolute atomic E-state index is 12.1. The molecule has 108 valence electrons. The molecule has 1 aliphatic rings. The van der Waals surface area contributed by atoms with Crippen LogP contribution in [-0.2, 0) is 9.53 Å². The minimum atomic E-state index is -0.714. The van der Waals surface area contributed by atoms with Gasteiger partial charge in [-0.2, -0.15) is 0 Å². The van der Waals surface area contributed by atoms with Gasteiger partial charge >= 0.3 is 5.97 Å². The topological polar surface area (TPSA) is 72.8 Å². The fourth-order valence-electron chi connectivity index (χ4n) is 2.30. The van der Waals surface area contributed by atoms with Gasteiger partial charge in [-0.25, -0.2) is 0 Å². The van der Waals surface area contributed by atoms with E-state index in [9.17, 15) is 14.7 Å². The van der Waals surface area contributed by atoms with Crippen molar-refractivity contribution < 1.29 is 24.2 Å². The number of phenolic OH excluding ortho intramolecular Hbond substituents is 1. The monoisotopic (exact) mass is 278 g/mol. The Balaban J connectivity index is 2.10. The highest BCUT2D eigenvalue weighted by Gasteiger charge is 2.37. The second kappa shape index (κ2) is 5.53. The van der Waals surface area contributed by atoms with Gasteiger partial charge in [-0.3, -0.25) is 9.59 Å². The number of Topliss-reactive ketones (excluding diaryl/α,β-unsaturated/α-hetero) is 1. The maximum Gasteiger partial charge on any atom is 0.305 e. The van der Waals surface area contributed by atoms with E-state index in [-0.39, 0.29) is 30.3 Å². The van der Waals surface area contributed by atoms with E-state index in [0.717, 1.165) is 0 Å². The van der Waals surface area contributed by atoms with E-state index in [2.05, 4.69) is 0 Å². The molecule has 0 radical (unpaired) electrons. The predicted octanol–water partition coefficient (Wildman–Crippen LogP) is 2.46. The first-order valence-corrected chi connectivity index (χ1v) is 6.64. The Morgan fingerprint density at radius 2 is 2.25 bits per heavy atom. The lowest BCUT2D eigenvalue weighted by Gasteiger charge is -2.34. The van der Waals surface area contributed by atoms with E-state index in [1.165, 1.54) is 12.1 Å². The van der Waals surface area contributed by atoms with E-state index in [4.69, 9.17) is 9.47 Å². The number of aromatic hydroxyl groups is 1. The molecule has 5 nitrogen and oxygen atoms in total. The molecule has 5 heteroatoms. The number of carbonyl (C=O) groups excluding carboxylic acids is 2. The zero-order valence-corrected chi connectivity index (χ0v) is 11.6. The van der Waals surface area contributed by atoms with E-state index in [1.807, 2.05) is 0 Å². The lowest BCUT2D eigenvalue weighted by Crippen LogP contribution is -2.39. The second-order valence-electron chi connectivity index (χ2n) is 5.14. The van der Waals surface area contributed by atoms with Crippen molar-refractivity contribution in [2.45, 2.75) is 38.7 Å². The lowest BCUT2D eigenvalue weighted by atomic mass is 9.88. The smallest absolute Gasteiger partial charge is 0.305 e. The van der Waals surface area contributed by atoms with Gasteiger partial charge < -0.3 is 14.6 Å². The zero-order valence-electron chi connectivity index (χ0n) is 11.6. The number of hydrogen-bond acceptors (Lipinski definition) is 5. The Kier molecular flexibility index (Phi) is 3.97. The summed E-state index contributed by atoms with van der Waals surface area (Å²) in [5.74, 6) is 0.107. The summed E-state index contributed by atoms with van der Waals surface area (Å²) in [6.45, 7) is 3.90. The van der Waals surface area contributed by atoms with Gasteiger partial charge in [0.25, 0.3) is 0 Å². The van der Waals surface area contributed by atoms with Gasteiger partial charge in [-0.05, 0) is 38.5 Å². The Hall–Kier alpha value is -2.04. The van der Waals surface area contributed by atoms with E-state index in [0.29, 0.717) is 24.3 Å². The second-order valence-corrected chi connectivity index (χ2v) is 5.14. The van der Waals surface area contributed by atoms with Crippen molar-refractivity contribution in [3.63, 3.8) is 0 Å². The molecule has 0 saturated heterocycles. The van der Waals surface area contributed by atoms with Crippen LogP contribution >= 0.6 is 0 Å². The largest absolute Gasteiger partial charge is 0.508 e. The number of esters is 1. The highest BCUT2D eigenvalue weighted by atomic mass is 16.5. The van der Waals surface area contributed by atoms with Crippen molar-refractivity contribution in [1.82, 2.24) is 0 Å². The van der Waals surface area contributed by atoms with Gasteiger partial charge in [0.15, 0.2) is 5.78 Å². The standard InChI is InChI=1S/C15H18O5/c1-3-19-14(18)6-7-15(2)9-12(17)11-8-10(16)4-5-13(11)20-15/h4-5,8,16H,3,6-7,9H2,1-2H3. The molecule has 1 unspecified atom stereocenters. The molecule has 20 heavy (non-hydrogen) atoms. The summed E-state index contributed by atoms with van der Waals surface area (Å²) in [5.41, 5.74) is -0.327. The molecule has 1 aromatic rings. The van der Waals surface area contributed by atoms with Crippen LogP contribution in [0.15, 0.2) is 18.2 Å². The molecule has 1 aliphatic heterocycles. The fourth-order valence-corrected chi connectivity index (χ4v) is 2.30. The third-order valence-corrected chi connectivity index (χ3v) is 3.32. The van der Waals surface area contributed by atoms with Crippen molar-refractivity contribution in [2.24, 2.45) is 0 Å². The summed E-state index contributed by atoms with van der Waals surface area (Å²) in [5, 5.41) is 9.40. The summed E-state index contributed by atoms with van der Waals surface area (Å²) >= 11 is 0. The van der Waals surface area contributed by atoms with E-state index < -0.39 is 5.60 Å².